The van der Waals surface area contributed by atoms with E-state index in [0.717, 1.165) is 0 Å². The lowest BCUT2D eigenvalue weighted by Crippen LogP contribution is -2.14. The molecule has 2 N–H and O–H groups in total. The summed E-state index contributed by atoms with van der Waals surface area (Å²) in [4.78, 5) is 27.4. The van der Waals surface area contributed by atoms with Crippen molar-refractivity contribution in [2.45, 2.75) is 13.3 Å². The molecule has 0 bridgehead atoms. The number of carbonyl (C=O) groups is 2. The van der Waals surface area contributed by atoms with Gasteiger partial charge < -0.3 is 10.6 Å². The Hall–Kier alpha value is -2.21. The van der Waals surface area contributed by atoms with Crippen molar-refractivity contribution in [1.82, 2.24) is 4.98 Å². The highest BCUT2D eigenvalue weighted by Crippen LogP contribution is 2.17. The van der Waals surface area contributed by atoms with Crippen LogP contribution in [0.1, 0.15) is 23.8 Å². The van der Waals surface area contributed by atoms with Crippen molar-refractivity contribution in [3.05, 3.63) is 52.8 Å². The normalized spacial score (nSPS) is 10.0. The van der Waals surface area contributed by atoms with E-state index in [1.807, 2.05) is 0 Å². The molecule has 0 aliphatic heterocycles. The number of halogens is 1. The Labute approximate surface area is 130 Å². The van der Waals surface area contributed by atoms with E-state index in [2.05, 4.69) is 31.5 Å². The van der Waals surface area contributed by atoms with Crippen molar-refractivity contribution in [2.24, 2.45) is 0 Å². The standard InChI is InChI=1S/C15H14BrN3O2/c1-2-13(20)18-10-5-7-11(8-6-10)19-15(21)14-12(16)4-3-9-17-14/h3-9H,2H2,1H3,(H,18,20)(H,19,21). The van der Waals surface area contributed by atoms with Gasteiger partial charge in [-0.1, -0.05) is 6.92 Å². The molecule has 0 fully saturated rings. The number of rotatable bonds is 4. The van der Waals surface area contributed by atoms with Gasteiger partial charge in [0.25, 0.3) is 5.91 Å². The highest BCUT2D eigenvalue weighted by atomic mass is 79.9. The number of hydrogen-bond donors (Lipinski definition) is 2. The van der Waals surface area contributed by atoms with Crippen LogP contribution in [0.25, 0.3) is 0 Å². The van der Waals surface area contributed by atoms with Crippen molar-refractivity contribution in [1.29, 1.82) is 0 Å². The molecule has 1 aromatic heterocycles. The van der Waals surface area contributed by atoms with Gasteiger partial charge in [-0.2, -0.15) is 0 Å². The number of carbonyl (C=O) groups excluding carboxylic acids is 2. The van der Waals surface area contributed by atoms with Gasteiger partial charge in [-0.05, 0) is 52.3 Å². The molecule has 0 spiro atoms. The van der Waals surface area contributed by atoms with E-state index in [1.165, 1.54) is 0 Å². The lowest BCUT2D eigenvalue weighted by molar-refractivity contribution is -0.115. The van der Waals surface area contributed by atoms with Crippen LogP contribution in [0, 0.1) is 0 Å². The lowest BCUT2D eigenvalue weighted by atomic mass is 10.2. The maximum atomic E-state index is 12.1. The molecule has 0 radical (unpaired) electrons. The van der Waals surface area contributed by atoms with Gasteiger partial charge in [0.1, 0.15) is 5.69 Å². The van der Waals surface area contributed by atoms with Gasteiger partial charge in [-0.3, -0.25) is 9.59 Å². The summed E-state index contributed by atoms with van der Waals surface area (Å²) < 4.78 is 0.634. The molecule has 1 heterocycles. The summed E-state index contributed by atoms with van der Waals surface area (Å²) in [6.07, 6.45) is 1.98. The first-order chi connectivity index (χ1) is 10.1. The molecule has 1 aromatic carbocycles. The summed E-state index contributed by atoms with van der Waals surface area (Å²) in [5.74, 6) is -0.350. The van der Waals surface area contributed by atoms with E-state index in [9.17, 15) is 9.59 Å². The average molecular weight is 348 g/mol. The van der Waals surface area contributed by atoms with Crippen molar-refractivity contribution in [3.63, 3.8) is 0 Å². The van der Waals surface area contributed by atoms with Crippen molar-refractivity contribution in [2.75, 3.05) is 10.6 Å². The zero-order valence-corrected chi connectivity index (χ0v) is 13.0. The Morgan fingerprint density at radius 2 is 1.71 bits per heavy atom. The Kier molecular flexibility index (Phi) is 5.05. The Morgan fingerprint density at radius 3 is 2.29 bits per heavy atom. The number of nitrogens with one attached hydrogen (secondary N) is 2. The number of benzene rings is 1. The number of hydrogen-bond acceptors (Lipinski definition) is 3. The molecule has 2 aromatic rings. The van der Waals surface area contributed by atoms with E-state index < -0.39 is 0 Å². The predicted octanol–water partition coefficient (Wildman–Crippen LogP) is 3.44. The molecule has 0 unspecified atom stereocenters. The predicted molar refractivity (Wildman–Crippen MR) is 85.3 cm³/mol. The Morgan fingerprint density at radius 1 is 1.10 bits per heavy atom. The number of amides is 2. The fourth-order valence-corrected chi connectivity index (χ4v) is 2.06. The second-order valence-corrected chi connectivity index (χ2v) is 5.12. The molecule has 2 amide bonds. The zero-order valence-electron chi connectivity index (χ0n) is 11.4. The third-order valence-corrected chi connectivity index (χ3v) is 3.36. The summed E-state index contributed by atoms with van der Waals surface area (Å²) in [6.45, 7) is 1.79. The van der Waals surface area contributed by atoms with Crippen LogP contribution in [0.3, 0.4) is 0 Å². The third-order valence-electron chi connectivity index (χ3n) is 2.72. The maximum Gasteiger partial charge on any atom is 0.275 e. The van der Waals surface area contributed by atoms with Gasteiger partial charge in [0, 0.05) is 28.5 Å². The highest BCUT2D eigenvalue weighted by Gasteiger charge is 2.11. The number of pyridine rings is 1. The van der Waals surface area contributed by atoms with Crippen molar-refractivity contribution in [3.8, 4) is 0 Å². The largest absolute Gasteiger partial charge is 0.326 e. The molecular formula is C15H14BrN3O2. The minimum atomic E-state index is -0.298. The van der Waals surface area contributed by atoms with E-state index in [1.54, 1.807) is 49.5 Å². The first-order valence-electron chi connectivity index (χ1n) is 6.42. The van der Waals surface area contributed by atoms with Crippen LogP contribution in [-0.4, -0.2) is 16.8 Å². The van der Waals surface area contributed by atoms with Gasteiger partial charge in [-0.25, -0.2) is 4.98 Å². The molecule has 0 aliphatic rings. The van der Waals surface area contributed by atoms with Crippen LogP contribution in [0.15, 0.2) is 47.1 Å². The molecule has 21 heavy (non-hydrogen) atoms. The van der Waals surface area contributed by atoms with Crippen molar-refractivity contribution < 1.29 is 9.59 Å². The average Bonchev–Trinajstić information content (AvgIpc) is 2.49. The van der Waals surface area contributed by atoms with Crippen LogP contribution in [-0.2, 0) is 4.79 Å². The molecule has 0 saturated heterocycles. The van der Waals surface area contributed by atoms with E-state index in [0.29, 0.717) is 28.0 Å². The van der Waals surface area contributed by atoms with Gasteiger partial charge in [0.05, 0.1) is 0 Å². The SMILES string of the molecule is CCC(=O)Nc1ccc(NC(=O)c2ncccc2Br)cc1. The number of nitrogens with zero attached hydrogens (tertiary/aromatic N) is 1. The minimum Gasteiger partial charge on any atom is -0.326 e. The monoisotopic (exact) mass is 347 g/mol. The lowest BCUT2D eigenvalue weighted by Gasteiger charge is -2.08. The van der Waals surface area contributed by atoms with E-state index >= 15 is 0 Å². The van der Waals surface area contributed by atoms with Gasteiger partial charge >= 0.3 is 0 Å². The molecule has 0 atom stereocenters. The topological polar surface area (TPSA) is 71.1 Å². The molecule has 2 rings (SSSR count). The van der Waals surface area contributed by atoms with Gasteiger partial charge in [0.2, 0.25) is 5.91 Å². The number of anilines is 2. The smallest absolute Gasteiger partial charge is 0.275 e. The molecular weight excluding hydrogens is 334 g/mol. The van der Waals surface area contributed by atoms with Crippen LogP contribution in [0.4, 0.5) is 11.4 Å². The summed E-state index contributed by atoms with van der Waals surface area (Å²) in [5, 5.41) is 5.49. The number of aromatic nitrogens is 1. The van der Waals surface area contributed by atoms with Crippen LogP contribution in [0.2, 0.25) is 0 Å². The van der Waals surface area contributed by atoms with Gasteiger partial charge in [-0.15, -0.1) is 0 Å². The molecule has 6 heteroatoms. The third kappa shape index (κ3) is 4.13. The maximum absolute atomic E-state index is 12.1. The van der Waals surface area contributed by atoms with Crippen LogP contribution >= 0.6 is 15.9 Å². The van der Waals surface area contributed by atoms with Gasteiger partial charge in [0.15, 0.2) is 0 Å². The molecule has 5 nitrogen and oxygen atoms in total. The summed E-state index contributed by atoms with van der Waals surface area (Å²) in [7, 11) is 0. The Bertz CT molecular complexity index is 656. The fraction of sp³-hybridized carbons (Fsp3) is 0.133. The molecule has 0 saturated carbocycles. The van der Waals surface area contributed by atoms with E-state index in [4.69, 9.17) is 0 Å². The zero-order chi connectivity index (χ0) is 15.2. The highest BCUT2D eigenvalue weighted by molar-refractivity contribution is 9.10. The quantitative estimate of drug-likeness (QED) is 0.889. The fourth-order valence-electron chi connectivity index (χ4n) is 1.63. The first kappa shape index (κ1) is 15.2. The summed E-state index contributed by atoms with van der Waals surface area (Å²) in [6, 6.07) is 10.4. The molecule has 0 aliphatic carbocycles. The first-order valence-corrected chi connectivity index (χ1v) is 7.21. The van der Waals surface area contributed by atoms with Crippen LogP contribution < -0.4 is 10.6 Å². The second kappa shape index (κ2) is 6.99. The Balaban J connectivity index is 2.05. The van der Waals surface area contributed by atoms with Crippen LogP contribution in [0.5, 0.6) is 0 Å². The minimum absolute atomic E-state index is 0.0517. The summed E-state index contributed by atoms with van der Waals surface area (Å²) >= 11 is 3.29. The summed E-state index contributed by atoms with van der Waals surface area (Å²) in [5.41, 5.74) is 1.65. The van der Waals surface area contributed by atoms with Crippen molar-refractivity contribution >= 4 is 39.1 Å². The van der Waals surface area contributed by atoms with E-state index in [-0.39, 0.29) is 11.8 Å². The molecule has 108 valence electrons. The second-order valence-electron chi connectivity index (χ2n) is 4.27.